The van der Waals surface area contributed by atoms with Gasteiger partial charge in [-0.1, -0.05) is 61.3 Å². The minimum atomic E-state index is -0.698. The molecule has 4 nitrogen and oxygen atoms in total. The van der Waals surface area contributed by atoms with Gasteiger partial charge in [0.2, 0.25) is 11.8 Å². The second kappa shape index (κ2) is 11.2. The summed E-state index contributed by atoms with van der Waals surface area (Å²) in [6.07, 6.45) is 0.954. The van der Waals surface area contributed by atoms with Crippen LogP contribution in [0.15, 0.2) is 42.5 Å². The van der Waals surface area contributed by atoms with E-state index in [9.17, 15) is 14.0 Å². The van der Waals surface area contributed by atoms with Gasteiger partial charge in [0, 0.05) is 28.7 Å². The van der Waals surface area contributed by atoms with Crippen molar-refractivity contribution in [2.45, 2.75) is 45.7 Å². The number of benzene rings is 2. The molecule has 2 amide bonds. The predicted molar refractivity (Wildman–Crippen MR) is 114 cm³/mol. The average molecular weight is 439 g/mol. The van der Waals surface area contributed by atoms with Crippen molar-refractivity contribution in [2.24, 2.45) is 0 Å². The lowest BCUT2D eigenvalue weighted by Gasteiger charge is -2.31. The molecule has 1 N–H and O–H groups in total. The van der Waals surface area contributed by atoms with Crippen molar-refractivity contribution in [1.82, 2.24) is 10.2 Å². The van der Waals surface area contributed by atoms with Crippen LogP contribution in [-0.2, 0) is 22.6 Å². The highest BCUT2D eigenvalue weighted by Gasteiger charge is 2.29. The smallest absolute Gasteiger partial charge is 0.242 e. The first-order valence-corrected chi connectivity index (χ1v) is 10.4. The van der Waals surface area contributed by atoms with E-state index in [0.717, 1.165) is 6.42 Å². The molecule has 0 fully saturated rings. The topological polar surface area (TPSA) is 49.4 Å². The fourth-order valence-electron chi connectivity index (χ4n) is 3.05. The van der Waals surface area contributed by atoms with Gasteiger partial charge in [-0.2, -0.15) is 0 Å². The minimum Gasteiger partial charge on any atom is -0.354 e. The number of hydrogen-bond donors (Lipinski definition) is 1. The fraction of sp³-hybridized carbons (Fsp3) is 0.364. The molecule has 2 aromatic carbocycles. The number of amides is 2. The molecule has 29 heavy (non-hydrogen) atoms. The third-order valence-electron chi connectivity index (χ3n) is 4.62. The van der Waals surface area contributed by atoms with Crippen LogP contribution in [0, 0.1) is 5.82 Å². The highest BCUT2D eigenvalue weighted by atomic mass is 35.5. The second-order valence-corrected chi connectivity index (χ2v) is 7.52. The van der Waals surface area contributed by atoms with Crippen LogP contribution >= 0.6 is 23.2 Å². The molecule has 0 unspecified atom stereocenters. The lowest BCUT2D eigenvalue weighted by atomic mass is 10.1. The van der Waals surface area contributed by atoms with Gasteiger partial charge in [-0.05, 0) is 36.6 Å². The summed E-state index contributed by atoms with van der Waals surface area (Å²) in [5.74, 6) is -1.18. The van der Waals surface area contributed by atoms with E-state index in [2.05, 4.69) is 5.32 Å². The summed E-state index contributed by atoms with van der Waals surface area (Å²) >= 11 is 12.4. The van der Waals surface area contributed by atoms with Crippen LogP contribution in [0.4, 0.5) is 4.39 Å². The van der Waals surface area contributed by atoms with Gasteiger partial charge < -0.3 is 10.2 Å². The lowest BCUT2D eigenvalue weighted by Crippen LogP contribution is -2.49. The number of halogens is 3. The summed E-state index contributed by atoms with van der Waals surface area (Å²) < 4.78 is 14.2. The zero-order valence-electron chi connectivity index (χ0n) is 16.6. The molecule has 1 atom stereocenters. The van der Waals surface area contributed by atoms with Gasteiger partial charge in [0.15, 0.2) is 0 Å². The second-order valence-electron chi connectivity index (χ2n) is 6.71. The third-order valence-corrected chi connectivity index (χ3v) is 5.35. The summed E-state index contributed by atoms with van der Waals surface area (Å²) in [7, 11) is 0. The van der Waals surface area contributed by atoms with Crippen molar-refractivity contribution >= 4 is 35.0 Å². The summed E-state index contributed by atoms with van der Waals surface area (Å²) in [6.45, 7) is 4.44. The molecule has 0 spiro atoms. The molecule has 0 aliphatic heterocycles. The summed E-state index contributed by atoms with van der Waals surface area (Å²) in [5, 5.41) is 3.52. The number of nitrogens with zero attached hydrogens (tertiary/aromatic N) is 1. The van der Waals surface area contributed by atoms with E-state index in [1.165, 1.54) is 23.1 Å². The summed E-state index contributed by atoms with van der Waals surface area (Å²) in [6, 6.07) is 10.7. The number of carbonyl (C=O) groups excluding carboxylic acids is 2. The number of nitrogens with one attached hydrogen (secondary N) is 1. The first-order chi connectivity index (χ1) is 13.9. The van der Waals surface area contributed by atoms with E-state index in [4.69, 9.17) is 23.2 Å². The quantitative estimate of drug-likeness (QED) is 0.597. The Labute approximate surface area is 181 Å². The molecule has 2 rings (SSSR count). The van der Waals surface area contributed by atoms with Gasteiger partial charge in [-0.15, -0.1) is 0 Å². The zero-order valence-corrected chi connectivity index (χ0v) is 18.1. The standard InChI is InChI=1S/C22H25Cl2FN2O2/c1-3-12-26-22(29)20(4-2)27(14-15-8-5-6-9-17(15)23)21(28)13-16-18(24)10-7-11-19(16)25/h5-11,20H,3-4,12-14H2,1-2H3,(H,26,29)/t20-/m0/s1. The van der Waals surface area contributed by atoms with E-state index in [1.54, 1.807) is 18.2 Å². The largest absolute Gasteiger partial charge is 0.354 e. The molecule has 0 aliphatic carbocycles. The highest BCUT2D eigenvalue weighted by Crippen LogP contribution is 2.23. The average Bonchev–Trinajstić information content (AvgIpc) is 2.70. The monoisotopic (exact) mass is 438 g/mol. The molecular weight excluding hydrogens is 414 g/mol. The van der Waals surface area contributed by atoms with Crippen molar-refractivity contribution in [2.75, 3.05) is 6.54 Å². The Balaban J connectivity index is 2.35. The van der Waals surface area contributed by atoms with Crippen LogP contribution in [0.1, 0.15) is 37.8 Å². The Morgan fingerprint density at radius 1 is 1.07 bits per heavy atom. The van der Waals surface area contributed by atoms with Crippen LogP contribution in [-0.4, -0.2) is 29.3 Å². The Morgan fingerprint density at radius 3 is 2.38 bits per heavy atom. The summed E-state index contributed by atoms with van der Waals surface area (Å²) in [5.41, 5.74) is 0.830. The maximum atomic E-state index is 14.2. The molecule has 0 aromatic heterocycles. The number of carbonyl (C=O) groups is 2. The van der Waals surface area contributed by atoms with E-state index >= 15 is 0 Å². The molecule has 156 valence electrons. The SMILES string of the molecule is CCCNC(=O)[C@H](CC)N(Cc1ccccc1Cl)C(=O)Cc1c(F)cccc1Cl. The normalized spacial score (nSPS) is 11.8. The fourth-order valence-corrected chi connectivity index (χ4v) is 3.47. The maximum absolute atomic E-state index is 14.2. The lowest BCUT2D eigenvalue weighted by molar-refractivity contribution is -0.141. The van der Waals surface area contributed by atoms with Gasteiger partial charge in [0.25, 0.3) is 0 Å². The van der Waals surface area contributed by atoms with E-state index in [-0.39, 0.29) is 29.5 Å². The number of hydrogen-bond acceptors (Lipinski definition) is 2. The van der Waals surface area contributed by atoms with Crippen molar-refractivity contribution < 1.29 is 14.0 Å². The molecule has 2 aromatic rings. The first kappa shape index (κ1) is 23.2. The van der Waals surface area contributed by atoms with Gasteiger partial charge in [-0.25, -0.2) is 4.39 Å². The van der Waals surface area contributed by atoms with Crippen molar-refractivity contribution in [3.8, 4) is 0 Å². The molecule has 0 saturated heterocycles. The molecular formula is C22H25Cl2FN2O2. The molecule has 0 radical (unpaired) electrons. The Bertz CT molecular complexity index is 840. The Hall–Kier alpha value is -2.11. The van der Waals surface area contributed by atoms with Crippen LogP contribution < -0.4 is 5.32 Å². The molecule has 0 saturated carbocycles. The van der Waals surface area contributed by atoms with Crippen molar-refractivity contribution in [1.29, 1.82) is 0 Å². The first-order valence-electron chi connectivity index (χ1n) is 9.62. The van der Waals surface area contributed by atoms with Crippen LogP contribution in [0.25, 0.3) is 0 Å². The van der Waals surface area contributed by atoms with Crippen molar-refractivity contribution in [3.63, 3.8) is 0 Å². The van der Waals surface area contributed by atoms with E-state index < -0.39 is 17.8 Å². The molecule has 0 aliphatic rings. The van der Waals surface area contributed by atoms with Crippen LogP contribution in [0.5, 0.6) is 0 Å². The number of rotatable bonds is 9. The van der Waals surface area contributed by atoms with Gasteiger partial charge in [0.1, 0.15) is 11.9 Å². The molecule has 0 heterocycles. The maximum Gasteiger partial charge on any atom is 0.242 e. The molecule has 7 heteroatoms. The minimum absolute atomic E-state index is 0.118. The summed E-state index contributed by atoms with van der Waals surface area (Å²) in [4.78, 5) is 27.3. The third kappa shape index (κ3) is 6.18. The van der Waals surface area contributed by atoms with Gasteiger partial charge in [0.05, 0.1) is 6.42 Å². The zero-order chi connectivity index (χ0) is 21.4. The Kier molecular flexibility index (Phi) is 8.93. The van der Waals surface area contributed by atoms with E-state index in [0.29, 0.717) is 23.6 Å². The van der Waals surface area contributed by atoms with E-state index in [1.807, 2.05) is 19.9 Å². The predicted octanol–water partition coefficient (Wildman–Crippen LogP) is 5.01. The van der Waals surface area contributed by atoms with Crippen LogP contribution in [0.3, 0.4) is 0 Å². The highest BCUT2D eigenvalue weighted by molar-refractivity contribution is 6.31. The molecule has 0 bridgehead atoms. The van der Waals surface area contributed by atoms with Gasteiger partial charge in [-0.3, -0.25) is 9.59 Å². The van der Waals surface area contributed by atoms with Gasteiger partial charge >= 0.3 is 0 Å². The van der Waals surface area contributed by atoms with Crippen LogP contribution in [0.2, 0.25) is 10.0 Å². The Morgan fingerprint density at radius 2 is 1.76 bits per heavy atom. The van der Waals surface area contributed by atoms with Crippen molar-refractivity contribution in [3.05, 3.63) is 69.5 Å².